The molecule has 0 aromatic carbocycles. The minimum Gasteiger partial charge on any atom is -0.550 e. The predicted octanol–water partition coefficient (Wildman–Crippen LogP) is 9.99. The van der Waals surface area contributed by atoms with Crippen molar-refractivity contribution in [2.45, 2.75) is 219 Å². The summed E-state index contributed by atoms with van der Waals surface area (Å²) >= 11 is 0. The number of unbranched alkanes of at least 4 members (excludes halogenated alkanes) is 28. The molecule has 0 spiro atoms. The zero-order valence-electron chi connectivity index (χ0n) is 28.4. The fourth-order valence-corrected chi connectivity index (χ4v) is 5.28. The second-order valence-corrected chi connectivity index (χ2v) is 12.1. The quantitative estimate of drug-likeness (QED) is 0.0501. The molecule has 0 radical (unpaired) electrons. The summed E-state index contributed by atoms with van der Waals surface area (Å²) in [4.78, 5) is 20.4. The number of hydrogen-bond acceptors (Lipinski definition) is 4. The SMILES string of the molecule is CCCCCCCCCCCCCCCCCC(=O)[O-].CCCCCCCCCCCCCCCCCC(=O)[O-].[W].[Zn+2]. The van der Waals surface area contributed by atoms with Gasteiger partial charge in [0.2, 0.25) is 0 Å². The normalized spacial score (nSPS) is 10.3. The Labute approximate surface area is 290 Å². The standard InChI is InChI=1S/2C18H36O2.W.Zn/c2*1-2-3-4-5-6-7-8-9-10-11-12-13-14-15-16-17-18(19)20;;/h2*2-17H2,1H3,(H,19,20);;/q;;;+2/p-2. The zero-order chi connectivity index (χ0) is 29.8. The molecule has 0 atom stereocenters. The molecule has 4 nitrogen and oxygen atoms in total. The molecule has 0 aromatic heterocycles. The number of carboxylic acids is 2. The van der Waals surface area contributed by atoms with Gasteiger partial charge in [-0.3, -0.25) is 0 Å². The fraction of sp³-hybridized carbons (Fsp3) is 0.944. The van der Waals surface area contributed by atoms with E-state index < -0.39 is 11.9 Å². The molecule has 6 heteroatoms. The van der Waals surface area contributed by atoms with Gasteiger partial charge in [-0.15, -0.1) is 0 Å². The first-order valence-corrected chi connectivity index (χ1v) is 17.9. The van der Waals surface area contributed by atoms with Crippen LogP contribution in [0.15, 0.2) is 0 Å². The Bertz CT molecular complexity index is 461. The predicted molar refractivity (Wildman–Crippen MR) is 169 cm³/mol. The number of aliphatic carboxylic acids is 2. The maximum atomic E-state index is 10.2. The topological polar surface area (TPSA) is 80.3 Å². The van der Waals surface area contributed by atoms with Gasteiger partial charge in [-0.1, -0.05) is 194 Å². The van der Waals surface area contributed by atoms with Crippen molar-refractivity contribution in [2.75, 3.05) is 0 Å². The molecule has 0 aliphatic rings. The summed E-state index contributed by atoms with van der Waals surface area (Å²) in [6, 6.07) is 0. The Morgan fingerprint density at radius 2 is 0.476 bits per heavy atom. The molecule has 42 heavy (non-hydrogen) atoms. The maximum Gasteiger partial charge on any atom is 2.00 e. The van der Waals surface area contributed by atoms with Gasteiger partial charge in [-0.2, -0.15) is 0 Å². The molecule has 0 amide bonds. The van der Waals surface area contributed by atoms with Crippen LogP contribution >= 0.6 is 0 Å². The van der Waals surface area contributed by atoms with Crippen molar-refractivity contribution in [3.63, 3.8) is 0 Å². The van der Waals surface area contributed by atoms with Crippen molar-refractivity contribution in [3.8, 4) is 0 Å². The number of rotatable bonds is 32. The van der Waals surface area contributed by atoms with E-state index in [9.17, 15) is 19.8 Å². The summed E-state index contributed by atoms with van der Waals surface area (Å²) in [6.07, 6.45) is 39.7. The first kappa shape index (κ1) is 49.1. The van der Waals surface area contributed by atoms with E-state index in [1.54, 1.807) is 0 Å². The first-order chi connectivity index (χ1) is 19.5. The maximum absolute atomic E-state index is 10.2. The van der Waals surface area contributed by atoms with Crippen molar-refractivity contribution in [1.82, 2.24) is 0 Å². The Morgan fingerprint density at radius 3 is 0.619 bits per heavy atom. The largest absolute Gasteiger partial charge is 2.00 e. The number of carboxylic acid groups (broad SMARTS) is 2. The summed E-state index contributed by atoms with van der Waals surface area (Å²) in [5.41, 5.74) is 0. The Balaban J connectivity index is -0.000000328. The van der Waals surface area contributed by atoms with E-state index in [4.69, 9.17) is 0 Å². The molecule has 0 saturated heterocycles. The van der Waals surface area contributed by atoms with Gasteiger partial charge in [0.05, 0.1) is 0 Å². The summed E-state index contributed by atoms with van der Waals surface area (Å²) in [7, 11) is 0. The molecule has 0 N–H and O–H groups in total. The van der Waals surface area contributed by atoms with E-state index in [0.29, 0.717) is 0 Å². The molecule has 0 heterocycles. The molecular formula is C36H70O4WZn. The number of carbonyl (C=O) groups excluding carboxylic acids is 2. The van der Waals surface area contributed by atoms with E-state index in [2.05, 4.69) is 13.8 Å². The molecule has 0 rings (SSSR count). The van der Waals surface area contributed by atoms with E-state index in [0.717, 1.165) is 25.7 Å². The molecule has 0 fully saturated rings. The molecule has 246 valence electrons. The van der Waals surface area contributed by atoms with Crippen LogP contribution in [0.5, 0.6) is 0 Å². The van der Waals surface area contributed by atoms with Crippen LogP contribution in [-0.2, 0) is 50.1 Å². The molecule has 0 aromatic rings. The third-order valence-corrected chi connectivity index (χ3v) is 7.97. The van der Waals surface area contributed by atoms with Gasteiger partial charge >= 0.3 is 19.5 Å². The molecule has 0 bridgehead atoms. The molecule has 0 aliphatic heterocycles. The van der Waals surface area contributed by atoms with Crippen molar-refractivity contribution in [3.05, 3.63) is 0 Å². The van der Waals surface area contributed by atoms with Gasteiger partial charge in [-0.05, 0) is 25.7 Å². The van der Waals surface area contributed by atoms with Crippen molar-refractivity contribution in [1.29, 1.82) is 0 Å². The van der Waals surface area contributed by atoms with Crippen molar-refractivity contribution >= 4 is 11.9 Å². The molecule has 0 saturated carbocycles. The average Bonchev–Trinajstić information content (AvgIpc) is 2.93. The van der Waals surface area contributed by atoms with Crippen LogP contribution in [0.2, 0.25) is 0 Å². The molecule has 0 aliphatic carbocycles. The second kappa shape index (κ2) is 45.7. The zero-order valence-corrected chi connectivity index (χ0v) is 34.3. The fourth-order valence-electron chi connectivity index (χ4n) is 5.28. The number of carbonyl (C=O) groups is 2. The van der Waals surface area contributed by atoms with Gasteiger partial charge < -0.3 is 19.8 Å². The average molecular weight is 816 g/mol. The molecule has 0 unspecified atom stereocenters. The Morgan fingerprint density at radius 1 is 0.333 bits per heavy atom. The van der Waals surface area contributed by atoms with Gasteiger partial charge in [0.15, 0.2) is 0 Å². The second-order valence-electron chi connectivity index (χ2n) is 12.1. The van der Waals surface area contributed by atoms with E-state index >= 15 is 0 Å². The Kier molecular flexibility index (Phi) is 53.4. The number of hydrogen-bond donors (Lipinski definition) is 0. The van der Waals surface area contributed by atoms with Crippen molar-refractivity contribution < 1.29 is 60.3 Å². The minimum absolute atomic E-state index is 0. The minimum atomic E-state index is -0.903. The summed E-state index contributed by atoms with van der Waals surface area (Å²) < 4.78 is 0. The van der Waals surface area contributed by atoms with Crippen molar-refractivity contribution in [2.24, 2.45) is 0 Å². The Hall–Kier alpha value is 0.252. The van der Waals surface area contributed by atoms with Gasteiger partial charge in [0.1, 0.15) is 0 Å². The van der Waals surface area contributed by atoms with Gasteiger partial charge in [0.25, 0.3) is 0 Å². The third-order valence-electron chi connectivity index (χ3n) is 7.97. The van der Waals surface area contributed by atoms with E-state index in [1.807, 2.05) is 0 Å². The first-order valence-electron chi connectivity index (χ1n) is 17.9. The summed E-state index contributed by atoms with van der Waals surface area (Å²) in [6.45, 7) is 4.53. The summed E-state index contributed by atoms with van der Waals surface area (Å²) in [5, 5.41) is 20.4. The van der Waals surface area contributed by atoms with Crippen LogP contribution in [-0.4, -0.2) is 11.9 Å². The van der Waals surface area contributed by atoms with Gasteiger partial charge in [-0.25, -0.2) is 0 Å². The van der Waals surface area contributed by atoms with Crippen LogP contribution in [0.1, 0.15) is 219 Å². The summed E-state index contributed by atoms with van der Waals surface area (Å²) in [5.74, 6) is -1.81. The van der Waals surface area contributed by atoms with Gasteiger partial charge in [0, 0.05) is 33.0 Å². The van der Waals surface area contributed by atoms with Crippen LogP contribution in [0.3, 0.4) is 0 Å². The molecular weight excluding hydrogens is 746 g/mol. The third kappa shape index (κ3) is 52.9. The van der Waals surface area contributed by atoms with Crippen LogP contribution in [0, 0.1) is 0 Å². The van der Waals surface area contributed by atoms with E-state index in [-0.39, 0.29) is 53.4 Å². The monoisotopic (exact) mass is 814 g/mol. The van der Waals surface area contributed by atoms with Crippen LogP contribution in [0.25, 0.3) is 0 Å². The smallest absolute Gasteiger partial charge is 0.550 e. The van der Waals surface area contributed by atoms with Crippen LogP contribution < -0.4 is 10.2 Å². The van der Waals surface area contributed by atoms with Crippen LogP contribution in [0.4, 0.5) is 0 Å². The van der Waals surface area contributed by atoms with E-state index in [1.165, 1.54) is 167 Å².